The van der Waals surface area contributed by atoms with Crippen LogP contribution in [0.3, 0.4) is 0 Å². The molecule has 4 nitrogen and oxygen atoms in total. The maximum atomic E-state index is 12.6. The van der Waals surface area contributed by atoms with Gasteiger partial charge in [0.25, 0.3) is 5.91 Å². The van der Waals surface area contributed by atoms with E-state index in [9.17, 15) is 4.79 Å². The first-order chi connectivity index (χ1) is 13.2. The summed E-state index contributed by atoms with van der Waals surface area (Å²) in [5.74, 6) is 0.0622. The van der Waals surface area contributed by atoms with Gasteiger partial charge in [0.2, 0.25) is 0 Å². The molecule has 2 aromatic rings. The van der Waals surface area contributed by atoms with Crippen LogP contribution in [0.15, 0.2) is 48.5 Å². The second kappa shape index (κ2) is 9.67. The molecule has 0 spiro atoms. The fourth-order valence-electron chi connectivity index (χ4n) is 3.55. The van der Waals surface area contributed by atoms with Crippen LogP contribution in [-0.4, -0.2) is 48.8 Å². The van der Waals surface area contributed by atoms with Gasteiger partial charge in [0.1, 0.15) is 0 Å². The number of aliphatic hydroxyl groups is 1. The highest BCUT2D eigenvalue weighted by Gasteiger charge is 2.16. The van der Waals surface area contributed by atoms with Crippen molar-refractivity contribution in [2.45, 2.75) is 38.2 Å². The molecule has 3 rings (SSSR count). The molecule has 1 saturated heterocycles. The predicted molar refractivity (Wildman–Crippen MR) is 108 cm³/mol. The Balaban J connectivity index is 1.54. The molecule has 0 aromatic heterocycles. The molecule has 1 heterocycles. The standard InChI is InChI=1S/C23H29NO3/c1-24(15-2-4-22-5-3-17-27-22)23(26)21-12-10-20(11-13-21)19-8-6-18(7-9-19)14-16-25/h6-13,22,25H,2-5,14-17H2,1H3. The fraction of sp³-hybridized carbons (Fsp3) is 0.435. The summed E-state index contributed by atoms with van der Waals surface area (Å²) in [6, 6.07) is 16.0. The highest BCUT2D eigenvalue weighted by Crippen LogP contribution is 2.21. The lowest BCUT2D eigenvalue weighted by Crippen LogP contribution is -2.28. The molecule has 0 bridgehead atoms. The zero-order chi connectivity index (χ0) is 19.1. The van der Waals surface area contributed by atoms with Gasteiger partial charge in [0.05, 0.1) is 6.10 Å². The van der Waals surface area contributed by atoms with Crippen molar-refractivity contribution in [1.29, 1.82) is 0 Å². The van der Waals surface area contributed by atoms with Crippen LogP contribution in [0.1, 0.15) is 41.6 Å². The first kappa shape index (κ1) is 19.6. The molecule has 0 saturated carbocycles. The average molecular weight is 367 g/mol. The molecule has 1 unspecified atom stereocenters. The number of nitrogens with zero attached hydrogens (tertiary/aromatic N) is 1. The number of carbonyl (C=O) groups excluding carboxylic acids is 1. The Hall–Kier alpha value is -2.17. The minimum absolute atomic E-state index is 0.0622. The zero-order valence-electron chi connectivity index (χ0n) is 16.1. The second-order valence-corrected chi connectivity index (χ2v) is 7.25. The first-order valence-electron chi connectivity index (χ1n) is 9.84. The number of amides is 1. The van der Waals surface area contributed by atoms with Gasteiger partial charge in [-0.3, -0.25) is 4.79 Å². The number of carbonyl (C=O) groups is 1. The van der Waals surface area contributed by atoms with Crippen molar-refractivity contribution in [3.63, 3.8) is 0 Å². The van der Waals surface area contributed by atoms with Gasteiger partial charge in [-0.2, -0.15) is 0 Å². The molecule has 27 heavy (non-hydrogen) atoms. The molecule has 0 radical (unpaired) electrons. The molecule has 1 N–H and O–H groups in total. The maximum Gasteiger partial charge on any atom is 0.253 e. The second-order valence-electron chi connectivity index (χ2n) is 7.25. The van der Waals surface area contributed by atoms with Crippen LogP contribution in [0.5, 0.6) is 0 Å². The number of rotatable bonds is 8. The molecule has 1 atom stereocenters. The molecule has 4 heteroatoms. The van der Waals surface area contributed by atoms with Gasteiger partial charge >= 0.3 is 0 Å². The lowest BCUT2D eigenvalue weighted by atomic mass is 10.0. The summed E-state index contributed by atoms with van der Waals surface area (Å²) in [7, 11) is 1.87. The summed E-state index contributed by atoms with van der Waals surface area (Å²) in [5.41, 5.74) is 4.04. The first-order valence-corrected chi connectivity index (χ1v) is 9.84. The third-order valence-corrected chi connectivity index (χ3v) is 5.21. The molecule has 1 amide bonds. The van der Waals surface area contributed by atoms with E-state index in [4.69, 9.17) is 9.84 Å². The smallest absolute Gasteiger partial charge is 0.253 e. The maximum absolute atomic E-state index is 12.6. The summed E-state index contributed by atoms with van der Waals surface area (Å²) < 4.78 is 5.64. The largest absolute Gasteiger partial charge is 0.396 e. The van der Waals surface area contributed by atoms with Crippen LogP contribution in [0, 0.1) is 0 Å². The van der Waals surface area contributed by atoms with Gasteiger partial charge in [-0.15, -0.1) is 0 Å². The number of ether oxygens (including phenoxy) is 1. The van der Waals surface area contributed by atoms with Gasteiger partial charge in [-0.1, -0.05) is 36.4 Å². The Morgan fingerprint density at radius 2 is 1.78 bits per heavy atom. The van der Waals surface area contributed by atoms with Crippen LogP contribution in [0.4, 0.5) is 0 Å². The molecule has 1 fully saturated rings. The molecule has 2 aromatic carbocycles. The van der Waals surface area contributed by atoms with Crippen LogP contribution < -0.4 is 0 Å². The van der Waals surface area contributed by atoms with E-state index in [0.717, 1.165) is 61.1 Å². The van der Waals surface area contributed by atoms with E-state index in [1.807, 2.05) is 43.4 Å². The third kappa shape index (κ3) is 5.41. The molecule has 1 aliphatic rings. The van der Waals surface area contributed by atoms with E-state index in [1.165, 1.54) is 0 Å². The Bertz CT molecular complexity index is 718. The zero-order valence-corrected chi connectivity index (χ0v) is 16.1. The normalized spacial score (nSPS) is 16.4. The SMILES string of the molecule is CN(CCCC1CCCO1)C(=O)c1ccc(-c2ccc(CCO)cc2)cc1. The number of hydrogen-bond donors (Lipinski definition) is 1. The Morgan fingerprint density at radius 1 is 1.11 bits per heavy atom. The summed E-state index contributed by atoms with van der Waals surface area (Å²) in [4.78, 5) is 14.4. The number of benzene rings is 2. The molecular formula is C23H29NO3. The van der Waals surface area contributed by atoms with Crippen LogP contribution in [-0.2, 0) is 11.2 Å². The van der Waals surface area contributed by atoms with Gasteiger partial charge < -0.3 is 14.7 Å². The van der Waals surface area contributed by atoms with E-state index in [0.29, 0.717) is 12.5 Å². The van der Waals surface area contributed by atoms with Crippen molar-refractivity contribution in [2.75, 3.05) is 26.8 Å². The Kier molecular flexibility index (Phi) is 7.02. The number of aliphatic hydroxyl groups excluding tert-OH is 1. The van der Waals surface area contributed by atoms with Crippen molar-refractivity contribution in [3.05, 3.63) is 59.7 Å². The van der Waals surface area contributed by atoms with Crippen molar-refractivity contribution >= 4 is 5.91 Å². The summed E-state index contributed by atoms with van der Waals surface area (Å²) >= 11 is 0. The third-order valence-electron chi connectivity index (χ3n) is 5.21. The van der Waals surface area contributed by atoms with E-state index in [-0.39, 0.29) is 12.5 Å². The molecular weight excluding hydrogens is 338 g/mol. The van der Waals surface area contributed by atoms with Crippen LogP contribution in [0.2, 0.25) is 0 Å². The minimum atomic E-state index is 0.0622. The summed E-state index contributed by atoms with van der Waals surface area (Å²) in [6.45, 7) is 1.81. The van der Waals surface area contributed by atoms with Gasteiger partial charge in [0, 0.05) is 32.4 Å². The fourth-order valence-corrected chi connectivity index (χ4v) is 3.55. The van der Waals surface area contributed by atoms with Crippen molar-refractivity contribution in [1.82, 2.24) is 4.90 Å². The Labute approximate surface area is 161 Å². The van der Waals surface area contributed by atoms with Crippen molar-refractivity contribution in [2.24, 2.45) is 0 Å². The van der Waals surface area contributed by atoms with Gasteiger partial charge in [-0.25, -0.2) is 0 Å². The number of hydrogen-bond acceptors (Lipinski definition) is 3. The lowest BCUT2D eigenvalue weighted by molar-refractivity contribution is 0.0763. The van der Waals surface area contributed by atoms with Crippen molar-refractivity contribution in [3.8, 4) is 11.1 Å². The average Bonchev–Trinajstić information content (AvgIpc) is 3.22. The van der Waals surface area contributed by atoms with E-state index >= 15 is 0 Å². The highest BCUT2D eigenvalue weighted by atomic mass is 16.5. The monoisotopic (exact) mass is 367 g/mol. The molecule has 144 valence electrons. The van der Waals surface area contributed by atoms with Crippen LogP contribution >= 0.6 is 0 Å². The Morgan fingerprint density at radius 3 is 2.37 bits per heavy atom. The molecule has 1 aliphatic heterocycles. The van der Waals surface area contributed by atoms with Crippen LogP contribution in [0.25, 0.3) is 11.1 Å². The van der Waals surface area contributed by atoms with E-state index in [2.05, 4.69) is 12.1 Å². The predicted octanol–water partition coefficient (Wildman–Crippen LogP) is 3.92. The quantitative estimate of drug-likeness (QED) is 0.769. The van der Waals surface area contributed by atoms with Gasteiger partial charge in [-0.05, 0) is 60.9 Å². The van der Waals surface area contributed by atoms with Gasteiger partial charge in [0.15, 0.2) is 0 Å². The van der Waals surface area contributed by atoms with E-state index in [1.54, 1.807) is 4.90 Å². The molecule has 0 aliphatic carbocycles. The topological polar surface area (TPSA) is 49.8 Å². The minimum Gasteiger partial charge on any atom is -0.396 e. The summed E-state index contributed by atoms with van der Waals surface area (Å²) in [5, 5.41) is 9.00. The lowest BCUT2D eigenvalue weighted by Gasteiger charge is -2.18. The summed E-state index contributed by atoms with van der Waals surface area (Å²) in [6.07, 6.45) is 5.38. The van der Waals surface area contributed by atoms with Crippen molar-refractivity contribution < 1.29 is 14.6 Å². The highest BCUT2D eigenvalue weighted by molar-refractivity contribution is 5.94. The van der Waals surface area contributed by atoms with E-state index < -0.39 is 0 Å².